The van der Waals surface area contributed by atoms with Crippen molar-refractivity contribution in [3.05, 3.63) is 45.1 Å². The van der Waals surface area contributed by atoms with Gasteiger partial charge in [-0.25, -0.2) is 0 Å². The number of unbranched alkanes of at least 4 members (excludes halogenated alkanes) is 20. The van der Waals surface area contributed by atoms with E-state index in [-0.39, 0.29) is 0 Å². The molecule has 4 heterocycles. The molecule has 0 nitrogen and oxygen atoms in total. The maximum atomic E-state index is 2.76. The van der Waals surface area contributed by atoms with Crippen molar-refractivity contribution in [3.63, 3.8) is 0 Å². The third-order valence-electron chi connectivity index (χ3n) is 13.3. The first-order valence-corrected chi connectivity index (χ1v) is 49.4. The molecule has 346 valence electrons. The van der Waals surface area contributed by atoms with Gasteiger partial charge in [0.1, 0.15) is 0 Å². The summed E-state index contributed by atoms with van der Waals surface area (Å²) in [5.74, 6) is 0. The summed E-state index contributed by atoms with van der Waals surface area (Å²) in [4.78, 5) is 22.5. The third kappa shape index (κ3) is 15.6. The van der Waals surface area contributed by atoms with Crippen LogP contribution in [0.15, 0.2) is 24.3 Å². The number of fused-ring (bicyclic) bond motifs is 2. The molecule has 0 amide bonds. The van der Waals surface area contributed by atoms with E-state index in [0.717, 1.165) is 0 Å². The average Bonchev–Trinajstić information content (AvgIpc) is 4.05. The van der Waals surface area contributed by atoms with Crippen molar-refractivity contribution in [3.8, 4) is 20.9 Å². The molecule has 5 rings (SSSR count). The van der Waals surface area contributed by atoms with Crippen molar-refractivity contribution in [2.24, 2.45) is 0 Å². The van der Waals surface area contributed by atoms with Crippen molar-refractivity contribution in [1.82, 2.24) is 0 Å². The Morgan fingerprint density at radius 3 is 0.935 bits per heavy atom. The first kappa shape index (κ1) is 53.1. The molecule has 0 fully saturated rings. The van der Waals surface area contributed by atoms with Gasteiger partial charge in [0.25, 0.3) is 0 Å². The van der Waals surface area contributed by atoms with Crippen LogP contribution in [0.1, 0.15) is 203 Å². The van der Waals surface area contributed by atoms with E-state index in [1.165, 1.54) is 180 Å². The van der Waals surface area contributed by atoms with Crippen LogP contribution < -0.4 is 5.79 Å². The Hall–Kier alpha value is 0.137. The predicted octanol–water partition coefficient (Wildman–Crippen LogP) is 20.3. The second-order valence-electron chi connectivity index (χ2n) is 21.1. The van der Waals surface area contributed by atoms with Crippen molar-refractivity contribution >= 4 is 108 Å². The van der Waals surface area contributed by atoms with Crippen LogP contribution in [0.3, 0.4) is 0 Å². The van der Waals surface area contributed by atoms with Gasteiger partial charge < -0.3 is 0 Å². The van der Waals surface area contributed by atoms with Crippen molar-refractivity contribution in [1.29, 1.82) is 0 Å². The summed E-state index contributed by atoms with van der Waals surface area (Å²) in [5.41, 5.74) is 6.61. The Bertz CT molecular complexity index is 1770. The average molecular weight is 1130 g/mol. The molecule has 0 bridgehead atoms. The first-order valence-electron chi connectivity index (χ1n) is 26.2. The Labute approximate surface area is 407 Å². The van der Waals surface area contributed by atoms with Crippen molar-refractivity contribution in [2.75, 3.05) is 0 Å². The van der Waals surface area contributed by atoms with Gasteiger partial charge in [0.15, 0.2) is 0 Å². The normalized spacial score (nSPS) is 12.5. The zero-order valence-corrected chi connectivity index (χ0v) is 50.7. The smallest absolute Gasteiger partial charge is 0.0654 e. The van der Waals surface area contributed by atoms with E-state index in [1.54, 1.807) is 67.7 Å². The van der Waals surface area contributed by atoms with Crippen LogP contribution >= 0.6 is 45.3 Å². The van der Waals surface area contributed by atoms with Crippen LogP contribution in [-0.4, -0.2) is 36.8 Å². The topological polar surface area (TPSA) is 0 Å². The molecule has 0 aliphatic rings. The van der Waals surface area contributed by atoms with Gasteiger partial charge in [0.05, 0.1) is 0 Å². The number of benzene rings is 1. The van der Waals surface area contributed by atoms with Crippen LogP contribution in [0.2, 0.25) is 29.6 Å². The standard InChI is InChI=1S/C50H72S4.6CH3.2Sn/c1-5-9-13-17-21-25-29-39-37-45(53-43(39)31-27-23-19-15-11-7-3)47-41-33-35-52-50(41)48(42-34-36-51-49(42)47)46-38-40(30-26-22-18-14-10-6-2)44(54-46)32-28-24-20-16-12-8-4;;;;;;;;/h33-34,37-38H,5-32H2,1-4H3;6*1H3;;. The predicted molar refractivity (Wildman–Crippen MR) is 298 cm³/mol. The second kappa shape index (κ2) is 27.2. The molecule has 0 aliphatic carbocycles. The van der Waals surface area contributed by atoms with E-state index < -0.39 is 36.8 Å². The minimum atomic E-state index is -2.42. The van der Waals surface area contributed by atoms with Gasteiger partial charge in [-0.2, -0.15) is 0 Å². The number of aryl methyl sites for hydroxylation is 4. The minimum absolute atomic E-state index is 1.26. The molecule has 0 spiro atoms. The fraction of sp³-hybridized carbons (Fsp3) is 0.679. The number of thiophene rings is 4. The Morgan fingerprint density at radius 1 is 0.339 bits per heavy atom. The van der Waals surface area contributed by atoms with E-state index in [1.807, 2.05) is 0 Å². The van der Waals surface area contributed by atoms with Gasteiger partial charge in [0, 0.05) is 0 Å². The zero-order chi connectivity index (χ0) is 44.5. The first-order chi connectivity index (χ1) is 29.9. The Kier molecular flexibility index (Phi) is 23.3. The SMILES string of the molecule is CCCCCCCCc1cc(-c2c3c[c]([Sn]([CH3])([CH3])[CH3])sc3c(-c3cc(CCCCCCCC)c(CCCCCCCC)s3)c3c[c]([Sn]([CH3])([CH3])[CH3])sc23)sc1CCCCCCCC. The molecule has 0 saturated carbocycles. The summed E-state index contributed by atoms with van der Waals surface area (Å²) in [6.07, 6.45) is 38.1. The van der Waals surface area contributed by atoms with E-state index in [2.05, 4.69) is 127 Å². The maximum absolute atomic E-state index is 2.76. The van der Waals surface area contributed by atoms with E-state index in [4.69, 9.17) is 0 Å². The van der Waals surface area contributed by atoms with Crippen molar-refractivity contribution < 1.29 is 0 Å². The summed E-state index contributed by atoms with van der Waals surface area (Å²) < 4.78 is 6.72. The van der Waals surface area contributed by atoms with Gasteiger partial charge in [-0.05, 0) is 0 Å². The zero-order valence-electron chi connectivity index (χ0n) is 41.7. The summed E-state index contributed by atoms with van der Waals surface area (Å²) >= 11 is 4.02. The fourth-order valence-electron chi connectivity index (χ4n) is 9.35. The van der Waals surface area contributed by atoms with Crippen molar-refractivity contribution in [2.45, 2.75) is 237 Å². The second-order valence-corrected chi connectivity index (χ2v) is 56.4. The Balaban J connectivity index is 1.64. The quantitative estimate of drug-likeness (QED) is 0.0297. The summed E-state index contributed by atoms with van der Waals surface area (Å²) in [6, 6.07) is 11.0. The molecular weight excluding hydrogens is 1040 g/mol. The molecule has 6 heteroatoms. The molecule has 0 radical (unpaired) electrons. The van der Waals surface area contributed by atoms with Crippen LogP contribution in [0.4, 0.5) is 0 Å². The monoisotopic (exact) mass is 1130 g/mol. The molecule has 1 aromatic carbocycles. The molecular formula is C56H90S4Sn2. The van der Waals surface area contributed by atoms with Gasteiger partial charge in [0.2, 0.25) is 0 Å². The fourth-order valence-corrected chi connectivity index (χ4v) is 25.0. The van der Waals surface area contributed by atoms with Crippen LogP contribution in [-0.2, 0) is 25.7 Å². The molecule has 0 unspecified atom stereocenters. The molecule has 0 aliphatic heterocycles. The van der Waals surface area contributed by atoms with E-state index >= 15 is 0 Å². The number of hydrogen-bond donors (Lipinski definition) is 0. The number of hydrogen-bond acceptors (Lipinski definition) is 4. The molecule has 62 heavy (non-hydrogen) atoms. The molecule has 4 aromatic heterocycles. The minimum Gasteiger partial charge on any atom is -0.0654 e. The van der Waals surface area contributed by atoms with Gasteiger partial charge in [-0.3, -0.25) is 0 Å². The third-order valence-corrected chi connectivity index (χ3v) is 37.0. The molecule has 0 atom stereocenters. The van der Waals surface area contributed by atoms with Gasteiger partial charge >= 0.3 is 332 Å². The van der Waals surface area contributed by atoms with Crippen LogP contribution in [0.25, 0.3) is 41.1 Å². The van der Waals surface area contributed by atoms with Crippen LogP contribution in [0, 0.1) is 0 Å². The Morgan fingerprint density at radius 2 is 0.629 bits per heavy atom. The molecule has 0 N–H and O–H groups in total. The van der Waals surface area contributed by atoms with Gasteiger partial charge in [-0.15, -0.1) is 0 Å². The van der Waals surface area contributed by atoms with Crippen LogP contribution in [0.5, 0.6) is 0 Å². The van der Waals surface area contributed by atoms with E-state index in [0.29, 0.717) is 0 Å². The molecule has 5 aromatic rings. The van der Waals surface area contributed by atoms with E-state index in [9.17, 15) is 0 Å². The molecule has 0 saturated heterocycles. The summed E-state index contributed by atoms with van der Waals surface area (Å²) in [6.45, 7) is 9.37. The number of rotatable bonds is 32. The summed E-state index contributed by atoms with van der Waals surface area (Å²) in [7, 11) is 0. The summed E-state index contributed by atoms with van der Waals surface area (Å²) in [5, 5.41) is 3.19. The van der Waals surface area contributed by atoms with Gasteiger partial charge in [-0.1, -0.05) is 79.1 Å².